The number of aliphatic hydroxyl groups excluding tert-OH is 1. The average Bonchev–Trinajstić information content (AvgIpc) is 3.25. The number of rotatable bonds is 6. The van der Waals surface area contributed by atoms with Crippen LogP contribution < -0.4 is 10.2 Å². The largest absolute Gasteiger partial charge is 0.506 e. The summed E-state index contributed by atoms with van der Waals surface area (Å²) in [6.07, 6.45) is -5.61. The molecule has 3 N–H and O–H groups in total. The highest BCUT2D eigenvalue weighted by atomic mass is 35.5. The van der Waals surface area contributed by atoms with Crippen molar-refractivity contribution in [2.75, 3.05) is 31.1 Å². The van der Waals surface area contributed by atoms with Crippen LogP contribution in [0.2, 0.25) is 10.0 Å². The zero-order valence-corrected chi connectivity index (χ0v) is 22.5. The number of phenols is 1. The van der Waals surface area contributed by atoms with Crippen LogP contribution in [0, 0.1) is 0 Å². The number of likely N-dealkylation sites (tertiary alicyclic amines) is 1. The number of piperidine rings is 1. The first-order valence-corrected chi connectivity index (χ1v) is 13.1. The van der Waals surface area contributed by atoms with Crippen molar-refractivity contribution in [2.45, 2.75) is 43.6 Å². The van der Waals surface area contributed by atoms with E-state index in [9.17, 15) is 37.8 Å². The molecule has 2 aliphatic heterocycles. The van der Waals surface area contributed by atoms with Crippen LogP contribution in [0.15, 0.2) is 36.4 Å². The van der Waals surface area contributed by atoms with Gasteiger partial charge in [0.1, 0.15) is 5.75 Å². The van der Waals surface area contributed by atoms with Crippen molar-refractivity contribution in [3.05, 3.63) is 57.6 Å². The smallest absolute Gasteiger partial charge is 0.491 e. The first-order chi connectivity index (χ1) is 18.8. The van der Waals surface area contributed by atoms with Gasteiger partial charge in [0, 0.05) is 54.6 Å². The van der Waals surface area contributed by atoms with Gasteiger partial charge < -0.3 is 30.1 Å². The van der Waals surface area contributed by atoms with Gasteiger partial charge >= 0.3 is 18.1 Å². The molecule has 2 aliphatic rings. The Kier molecular flexibility index (Phi) is 9.13. The lowest BCUT2D eigenvalue weighted by atomic mass is 10.0. The Morgan fingerprint density at radius 3 is 2.33 bits per heavy atom. The number of halogens is 5. The van der Waals surface area contributed by atoms with Gasteiger partial charge in [-0.25, -0.2) is 4.79 Å². The molecule has 40 heavy (non-hydrogen) atoms. The number of carbonyl (C=O) groups excluding carboxylic acids is 3. The number of amides is 1. The van der Waals surface area contributed by atoms with Gasteiger partial charge in [0.25, 0.3) is 5.91 Å². The van der Waals surface area contributed by atoms with E-state index in [1.807, 2.05) is 0 Å². The highest BCUT2D eigenvalue weighted by Crippen LogP contribution is 2.35. The summed E-state index contributed by atoms with van der Waals surface area (Å²) in [7, 11) is 0. The summed E-state index contributed by atoms with van der Waals surface area (Å²) in [5.41, 5.74) is 0.918. The topological polar surface area (TPSA) is 119 Å². The maximum Gasteiger partial charge on any atom is 0.491 e. The molecule has 2 heterocycles. The third-order valence-corrected chi connectivity index (χ3v) is 7.43. The molecule has 216 valence electrons. The molecule has 1 amide bonds. The van der Waals surface area contributed by atoms with Gasteiger partial charge in [0.2, 0.25) is 0 Å². The summed E-state index contributed by atoms with van der Waals surface area (Å²) in [6, 6.07) is 8.71. The number of esters is 2. The van der Waals surface area contributed by atoms with E-state index in [0.29, 0.717) is 36.5 Å². The van der Waals surface area contributed by atoms with Gasteiger partial charge in [-0.2, -0.15) is 13.2 Å². The lowest BCUT2D eigenvalue weighted by molar-refractivity contribution is -0.201. The molecule has 0 aromatic heterocycles. The van der Waals surface area contributed by atoms with Crippen molar-refractivity contribution in [1.29, 1.82) is 0 Å². The van der Waals surface area contributed by atoms with Crippen LogP contribution in [0.5, 0.6) is 5.75 Å². The normalized spacial score (nSPS) is 20.1. The summed E-state index contributed by atoms with van der Waals surface area (Å²) in [4.78, 5) is 39.2. The van der Waals surface area contributed by atoms with Gasteiger partial charge in [-0.3, -0.25) is 9.59 Å². The first-order valence-electron chi connectivity index (χ1n) is 12.4. The second kappa shape index (κ2) is 12.2. The molecule has 2 fully saturated rings. The Bertz CT molecular complexity index is 1270. The van der Waals surface area contributed by atoms with Gasteiger partial charge in [-0.05, 0) is 48.7 Å². The van der Waals surface area contributed by atoms with E-state index < -0.39 is 36.7 Å². The molecule has 4 rings (SSSR count). The molecule has 2 aromatic rings. The fraction of sp³-hybridized carbons (Fsp3) is 0.423. The molecule has 0 radical (unpaired) electrons. The molecule has 2 unspecified atom stereocenters. The lowest BCUT2D eigenvalue weighted by Gasteiger charge is -2.34. The van der Waals surface area contributed by atoms with Crippen LogP contribution in [-0.2, 0) is 20.7 Å². The fourth-order valence-corrected chi connectivity index (χ4v) is 5.17. The van der Waals surface area contributed by atoms with E-state index in [4.69, 9.17) is 23.2 Å². The number of aromatic hydroxyl groups is 1. The Morgan fingerprint density at radius 1 is 1.05 bits per heavy atom. The van der Waals surface area contributed by atoms with Crippen molar-refractivity contribution in [3.63, 3.8) is 0 Å². The summed E-state index contributed by atoms with van der Waals surface area (Å²) in [5.74, 6) is -4.50. The molecule has 0 bridgehead atoms. The first kappa shape index (κ1) is 29.9. The second-order valence-electron chi connectivity index (χ2n) is 9.69. The van der Waals surface area contributed by atoms with Crippen molar-refractivity contribution in [1.82, 2.24) is 10.2 Å². The van der Waals surface area contributed by atoms with Crippen LogP contribution in [-0.4, -0.2) is 83.5 Å². The third kappa shape index (κ3) is 7.17. The van der Waals surface area contributed by atoms with E-state index in [1.54, 1.807) is 34.1 Å². The number of carbonyl (C=O) groups is 3. The van der Waals surface area contributed by atoms with Crippen LogP contribution in [0.25, 0.3) is 0 Å². The SMILES string of the molecule is O=C(Cc1cc(Cl)c(O)cc1N1CC(O)C(NC2CCN(C(=O)c3ccc(Cl)cc3)CC2)C1)OC(=O)C(F)(F)F. The fourth-order valence-electron chi connectivity index (χ4n) is 4.85. The number of nitrogens with zero attached hydrogens (tertiary/aromatic N) is 2. The zero-order valence-electron chi connectivity index (χ0n) is 21.0. The molecule has 2 aromatic carbocycles. The van der Waals surface area contributed by atoms with E-state index in [-0.39, 0.29) is 47.1 Å². The Balaban J connectivity index is 1.37. The highest BCUT2D eigenvalue weighted by molar-refractivity contribution is 6.32. The molecule has 0 saturated carbocycles. The summed E-state index contributed by atoms with van der Waals surface area (Å²) in [5, 5.41) is 24.7. The van der Waals surface area contributed by atoms with Crippen LogP contribution >= 0.6 is 23.2 Å². The quantitative estimate of drug-likeness (QED) is 0.340. The monoisotopic (exact) mass is 603 g/mol. The summed E-state index contributed by atoms with van der Waals surface area (Å²) in [6.45, 7) is 1.37. The van der Waals surface area contributed by atoms with Gasteiger partial charge in [0.15, 0.2) is 0 Å². The van der Waals surface area contributed by atoms with Gasteiger partial charge in [-0.1, -0.05) is 23.2 Å². The number of alkyl halides is 3. The number of ether oxygens (including phenoxy) is 1. The number of nitrogens with one attached hydrogen (secondary N) is 1. The molecule has 14 heteroatoms. The van der Waals surface area contributed by atoms with Crippen molar-refractivity contribution in [3.8, 4) is 5.75 Å². The number of β-amino-alcohol motifs (C(OH)–C–C–N with tert-alkyl or cyclic N) is 1. The molecule has 2 atom stereocenters. The van der Waals surface area contributed by atoms with E-state index in [1.165, 1.54) is 12.1 Å². The maximum atomic E-state index is 12.8. The summed E-state index contributed by atoms with van der Waals surface area (Å²) >= 11 is 11.9. The highest BCUT2D eigenvalue weighted by Gasteiger charge is 2.42. The van der Waals surface area contributed by atoms with Crippen LogP contribution in [0.1, 0.15) is 28.8 Å². The Morgan fingerprint density at radius 2 is 1.70 bits per heavy atom. The molecule has 2 saturated heterocycles. The van der Waals surface area contributed by atoms with Crippen LogP contribution in [0.3, 0.4) is 0 Å². The third-order valence-electron chi connectivity index (χ3n) is 6.87. The second-order valence-corrected chi connectivity index (χ2v) is 10.5. The molecule has 9 nitrogen and oxygen atoms in total. The van der Waals surface area contributed by atoms with E-state index >= 15 is 0 Å². The lowest BCUT2D eigenvalue weighted by Crippen LogP contribution is -2.50. The standard InChI is InChI=1S/C26H26Cl2F3N3O6/c27-16-3-1-14(2-4-16)24(38)33-7-5-17(6-8-33)32-19-12-34(13-22(19)36)20-11-21(35)18(28)9-15(20)10-23(37)40-25(39)26(29,30)31/h1-4,9,11,17,19,22,32,35-36H,5-8,10,12-13H2. The Hall–Kier alpha value is -3.06. The predicted octanol–water partition coefficient (Wildman–Crippen LogP) is 3.32. The van der Waals surface area contributed by atoms with Crippen molar-refractivity contribution >= 4 is 46.7 Å². The predicted molar refractivity (Wildman–Crippen MR) is 139 cm³/mol. The zero-order chi connectivity index (χ0) is 29.2. The number of phenolic OH excluding ortho intramolecular Hbond substituents is 1. The molecular formula is C26H26Cl2F3N3O6. The summed E-state index contributed by atoms with van der Waals surface area (Å²) < 4.78 is 41.3. The molecule has 0 aliphatic carbocycles. The molecular weight excluding hydrogens is 578 g/mol. The van der Waals surface area contributed by atoms with Gasteiger partial charge in [0.05, 0.1) is 23.6 Å². The van der Waals surface area contributed by atoms with Crippen LogP contribution in [0.4, 0.5) is 18.9 Å². The van der Waals surface area contributed by atoms with Crippen molar-refractivity contribution < 1.29 is 42.5 Å². The minimum atomic E-state index is -5.33. The number of aliphatic hydroxyl groups is 1. The van der Waals surface area contributed by atoms with E-state index in [2.05, 4.69) is 10.1 Å². The average molecular weight is 604 g/mol. The van der Waals surface area contributed by atoms with E-state index in [0.717, 1.165) is 0 Å². The Labute approximate surface area is 237 Å². The minimum absolute atomic E-state index is 0.00955. The number of hydrogen-bond donors (Lipinski definition) is 3. The minimum Gasteiger partial charge on any atom is -0.506 e. The molecule has 0 spiro atoms. The van der Waals surface area contributed by atoms with Gasteiger partial charge in [-0.15, -0.1) is 0 Å². The number of anilines is 1. The maximum absolute atomic E-state index is 12.8. The number of hydrogen-bond acceptors (Lipinski definition) is 8. The van der Waals surface area contributed by atoms with Crippen molar-refractivity contribution in [2.24, 2.45) is 0 Å². The number of benzene rings is 2.